The van der Waals surface area contributed by atoms with Gasteiger partial charge in [0.15, 0.2) is 0 Å². The summed E-state index contributed by atoms with van der Waals surface area (Å²) in [5, 5.41) is 3.12. The summed E-state index contributed by atoms with van der Waals surface area (Å²) in [6.45, 7) is 3.13. The van der Waals surface area contributed by atoms with Crippen molar-refractivity contribution in [1.82, 2.24) is 19.8 Å². The Bertz CT molecular complexity index is 551. The van der Waals surface area contributed by atoms with Crippen molar-refractivity contribution in [3.8, 4) is 0 Å². The molecule has 0 saturated carbocycles. The fourth-order valence-corrected chi connectivity index (χ4v) is 4.25. The predicted molar refractivity (Wildman–Crippen MR) is 70.9 cm³/mol. The summed E-state index contributed by atoms with van der Waals surface area (Å²) in [6, 6.07) is 0.206. The minimum atomic E-state index is -4.37. The molecular weight excluding hydrogens is 281 g/mol. The highest BCUT2D eigenvalue weighted by atomic mass is 19.4. The number of nitrogens with zero attached hydrogens (tertiary/aromatic N) is 3. The second kappa shape index (κ2) is 4.71. The number of alkyl halides is 3. The first-order chi connectivity index (χ1) is 10.1. The quantitative estimate of drug-likeness (QED) is 0.860. The van der Waals surface area contributed by atoms with Crippen molar-refractivity contribution in [3.05, 3.63) is 17.2 Å². The molecule has 0 amide bonds. The SMILES string of the molecule is FC(F)(F)c1nc2c(n1C1CCN3CCCC13)CCNC2. The topological polar surface area (TPSA) is 33.1 Å². The van der Waals surface area contributed by atoms with Crippen molar-refractivity contribution >= 4 is 0 Å². The molecule has 0 radical (unpaired) electrons. The van der Waals surface area contributed by atoms with Crippen LogP contribution in [0.4, 0.5) is 13.2 Å². The van der Waals surface area contributed by atoms with Crippen molar-refractivity contribution < 1.29 is 13.2 Å². The van der Waals surface area contributed by atoms with Crippen molar-refractivity contribution in [3.63, 3.8) is 0 Å². The summed E-state index contributed by atoms with van der Waals surface area (Å²) in [5.74, 6) is -0.685. The van der Waals surface area contributed by atoms with Gasteiger partial charge in [-0.05, 0) is 25.8 Å². The lowest BCUT2D eigenvalue weighted by atomic mass is 10.0. The number of aromatic nitrogens is 2. The zero-order valence-corrected chi connectivity index (χ0v) is 11.8. The molecule has 7 heteroatoms. The monoisotopic (exact) mass is 300 g/mol. The second-order valence-corrected chi connectivity index (χ2v) is 6.22. The normalized spacial score (nSPS) is 29.7. The van der Waals surface area contributed by atoms with Crippen LogP contribution in [-0.2, 0) is 19.1 Å². The van der Waals surface area contributed by atoms with Gasteiger partial charge in [0.05, 0.1) is 11.7 Å². The molecule has 0 bridgehead atoms. The minimum Gasteiger partial charge on any atom is -0.319 e. The Morgan fingerprint density at radius 2 is 2.00 bits per heavy atom. The van der Waals surface area contributed by atoms with E-state index >= 15 is 0 Å². The van der Waals surface area contributed by atoms with Crippen LogP contribution in [-0.4, -0.2) is 40.1 Å². The van der Waals surface area contributed by atoms with E-state index in [1.54, 1.807) is 4.57 Å². The van der Waals surface area contributed by atoms with E-state index in [0.29, 0.717) is 18.7 Å². The second-order valence-electron chi connectivity index (χ2n) is 6.22. The molecule has 1 aromatic heterocycles. The van der Waals surface area contributed by atoms with Crippen LogP contribution in [0.2, 0.25) is 0 Å². The third-order valence-corrected chi connectivity index (χ3v) is 5.08. The van der Waals surface area contributed by atoms with E-state index in [2.05, 4.69) is 15.2 Å². The Morgan fingerprint density at radius 1 is 1.14 bits per heavy atom. The molecule has 3 aliphatic heterocycles. The average molecular weight is 300 g/mol. The van der Waals surface area contributed by atoms with Gasteiger partial charge in [-0.25, -0.2) is 4.98 Å². The Morgan fingerprint density at radius 3 is 2.81 bits per heavy atom. The minimum absolute atomic E-state index is 0.0570. The van der Waals surface area contributed by atoms with Crippen LogP contribution >= 0.6 is 0 Å². The van der Waals surface area contributed by atoms with Crippen molar-refractivity contribution in [2.45, 2.75) is 50.5 Å². The maximum atomic E-state index is 13.4. The molecule has 116 valence electrons. The fraction of sp³-hybridized carbons (Fsp3) is 0.786. The molecule has 4 nitrogen and oxygen atoms in total. The van der Waals surface area contributed by atoms with Crippen LogP contribution in [0.5, 0.6) is 0 Å². The summed E-state index contributed by atoms with van der Waals surface area (Å²) < 4.78 is 41.8. The molecule has 3 aliphatic rings. The van der Waals surface area contributed by atoms with Gasteiger partial charge in [0.2, 0.25) is 5.82 Å². The fourth-order valence-electron chi connectivity index (χ4n) is 4.25. The van der Waals surface area contributed by atoms with Gasteiger partial charge in [0, 0.05) is 37.8 Å². The smallest absolute Gasteiger partial charge is 0.319 e. The maximum absolute atomic E-state index is 13.4. The molecule has 1 aromatic rings. The number of fused-ring (bicyclic) bond motifs is 2. The molecule has 4 heterocycles. The number of rotatable bonds is 1. The highest BCUT2D eigenvalue weighted by molar-refractivity contribution is 5.24. The van der Waals surface area contributed by atoms with E-state index in [1.165, 1.54) is 0 Å². The molecule has 21 heavy (non-hydrogen) atoms. The summed E-state index contributed by atoms with van der Waals surface area (Å²) >= 11 is 0. The van der Waals surface area contributed by atoms with Gasteiger partial charge in [-0.15, -0.1) is 0 Å². The Hall–Kier alpha value is -1.08. The van der Waals surface area contributed by atoms with Gasteiger partial charge < -0.3 is 9.88 Å². The maximum Gasteiger partial charge on any atom is 0.449 e. The van der Waals surface area contributed by atoms with Crippen molar-refractivity contribution in [2.24, 2.45) is 0 Å². The first-order valence-electron chi connectivity index (χ1n) is 7.67. The summed E-state index contributed by atoms with van der Waals surface area (Å²) in [4.78, 5) is 6.28. The van der Waals surface area contributed by atoms with Crippen LogP contribution in [0.1, 0.15) is 42.5 Å². The standard InChI is InChI=1S/C14H19F3N4/c15-14(16,17)13-19-9-8-18-5-3-10(9)21(13)12-4-7-20-6-1-2-11(12)20/h11-12,18H,1-8H2. The predicted octanol–water partition coefficient (Wildman–Crippen LogP) is 1.96. The third-order valence-electron chi connectivity index (χ3n) is 5.08. The first-order valence-corrected chi connectivity index (χ1v) is 7.67. The zero-order valence-electron chi connectivity index (χ0n) is 11.8. The first kappa shape index (κ1) is 13.6. The zero-order chi connectivity index (χ0) is 14.6. The Labute approximate surface area is 121 Å². The molecule has 2 unspecified atom stereocenters. The van der Waals surface area contributed by atoms with Gasteiger partial charge in [-0.2, -0.15) is 13.2 Å². The largest absolute Gasteiger partial charge is 0.449 e. The lowest BCUT2D eigenvalue weighted by Crippen LogP contribution is -2.32. The Balaban J connectivity index is 1.81. The van der Waals surface area contributed by atoms with Crippen LogP contribution in [0.15, 0.2) is 0 Å². The highest BCUT2D eigenvalue weighted by Crippen LogP contribution is 2.41. The molecule has 4 rings (SSSR count). The van der Waals surface area contributed by atoms with Gasteiger partial charge in [-0.1, -0.05) is 0 Å². The van der Waals surface area contributed by atoms with Gasteiger partial charge in [-0.3, -0.25) is 4.90 Å². The molecule has 2 saturated heterocycles. The summed E-state index contributed by atoms with van der Waals surface area (Å²) in [7, 11) is 0. The van der Waals surface area contributed by atoms with Crippen LogP contribution in [0.25, 0.3) is 0 Å². The van der Waals surface area contributed by atoms with E-state index < -0.39 is 12.0 Å². The average Bonchev–Trinajstić information content (AvgIpc) is 3.10. The number of hydrogen-bond acceptors (Lipinski definition) is 3. The third kappa shape index (κ3) is 2.09. The van der Waals surface area contributed by atoms with Gasteiger partial charge in [0.1, 0.15) is 0 Å². The van der Waals surface area contributed by atoms with E-state index in [4.69, 9.17) is 0 Å². The van der Waals surface area contributed by atoms with E-state index in [9.17, 15) is 13.2 Å². The number of halogens is 3. The highest BCUT2D eigenvalue weighted by Gasteiger charge is 2.45. The van der Waals surface area contributed by atoms with E-state index in [0.717, 1.165) is 44.6 Å². The molecule has 1 N–H and O–H groups in total. The van der Waals surface area contributed by atoms with E-state index in [-0.39, 0.29) is 12.1 Å². The number of nitrogens with one attached hydrogen (secondary N) is 1. The summed E-state index contributed by atoms with van der Waals surface area (Å²) in [6.07, 6.45) is -0.816. The molecular formula is C14H19F3N4. The lowest BCUT2D eigenvalue weighted by molar-refractivity contribution is -0.148. The molecule has 2 atom stereocenters. The molecule has 2 fully saturated rings. The van der Waals surface area contributed by atoms with Crippen LogP contribution in [0, 0.1) is 0 Å². The Kier molecular flexibility index (Phi) is 3.04. The number of imidazole rings is 1. The molecule has 0 aliphatic carbocycles. The van der Waals surface area contributed by atoms with Gasteiger partial charge >= 0.3 is 6.18 Å². The lowest BCUT2D eigenvalue weighted by Gasteiger charge is -2.26. The van der Waals surface area contributed by atoms with Gasteiger partial charge in [0.25, 0.3) is 0 Å². The van der Waals surface area contributed by atoms with Crippen molar-refractivity contribution in [2.75, 3.05) is 19.6 Å². The number of hydrogen-bond donors (Lipinski definition) is 1. The molecule has 0 spiro atoms. The van der Waals surface area contributed by atoms with Crippen LogP contribution in [0.3, 0.4) is 0 Å². The van der Waals surface area contributed by atoms with Crippen LogP contribution < -0.4 is 5.32 Å². The molecule has 0 aromatic carbocycles. The summed E-state index contributed by atoms with van der Waals surface area (Å²) in [5.41, 5.74) is 1.39. The van der Waals surface area contributed by atoms with E-state index in [1.807, 2.05) is 0 Å². The van der Waals surface area contributed by atoms with Crippen molar-refractivity contribution in [1.29, 1.82) is 0 Å².